The molecule has 0 bridgehead atoms. The summed E-state index contributed by atoms with van der Waals surface area (Å²) < 4.78 is 4.56. The Kier molecular flexibility index (Phi) is 5.28. The minimum Gasteiger partial charge on any atom is -0.467 e. The molecule has 0 saturated carbocycles. The largest absolute Gasteiger partial charge is 0.467 e. The Morgan fingerprint density at radius 1 is 1.47 bits per heavy atom. The van der Waals surface area contributed by atoms with E-state index in [2.05, 4.69) is 10.1 Å². The zero-order chi connectivity index (χ0) is 12.1. The van der Waals surface area contributed by atoms with Crippen molar-refractivity contribution in [1.29, 1.82) is 0 Å². The lowest BCUT2D eigenvalue weighted by molar-refractivity contribution is -0.149. The molecular formula is C10H20N2O3. The van der Waals surface area contributed by atoms with Gasteiger partial charge in [-0.15, -0.1) is 0 Å². The van der Waals surface area contributed by atoms with Crippen LogP contribution < -0.4 is 11.1 Å². The second-order valence-electron chi connectivity index (χ2n) is 4.00. The van der Waals surface area contributed by atoms with Crippen LogP contribution in [0.4, 0.5) is 0 Å². The number of methoxy groups -OCH3 is 1. The van der Waals surface area contributed by atoms with E-state index in [1.54, 1.807) is 13.8 Å². The molecule has 0 radical (unpaired) electrons. The van der Waals surface area contributed by atoms with Gasteiger partial charge in [0.25, 0.3) is 0 Å². The Labute approximate surface area is 90.4 Å². The molecule has 0 spiro atoms. The van der Waals surface area contributed by atoms with Crippen molar-refractivity contribution in [3.05, 3.63) is 0 Å². The highest BCUT2D eigenvalue weighted by Crippen LogP contribution is 2.05. The predicted octanol–water partition coefficient (Wildman–Crippen LogP) is 0.182. The van der Waals surface area contributed by atoms with E-state index < -0.39 is 17.6 Å². The summed E-state index contributed by atoms with van der Waals surface area (Å²) >= 11 is 0. The lowest BCUT2D eigenvalue weighted by Gasteiger charge is -2.24. The number of carbonyl (C=O) groups is 2. The van der Waals surface area contributed by atoms with Gasteiger partial charge in [0.15, 0.2) is 0 Å². The minimum atomic E-state index is -1.03. The molecule has 0 heterocycles. The Morgan fingerprint density at radius 2 is 2.00 bits per heavy atom. The number of amides is 1. The van der Waals surface area contributed by atoms with Crippen LogP contribution in [-0.4, -0.2) is 30.6 Å². The maximum atomic E-state index is 11.5. The van der Waals surface area contributed by atoms with Crippen molar-refractivity contribution < 1.29 is 14.3 Å². The second kappa shape index (κ2) is 5.70. The molecule has 5 nitrogen and oxygen atoms in total. The number of nitrogens with one attached hydrogen (secondary N) is 1. The molecule has 0 aliphatic rings. The number of rotatable bonds is 5. The molecule has 0 aromatic rings. The van der Waals surface area contributed by atoms with Crippen molar-refractivity contribution in [3.63, 3.8) is 0 Å². The number of ether oxygens (including phenoxy) is 1. The monoisotopic (exact) mass is 216 g/mol. The van der Waals surface area contributed by atoms with Gasteiger partial charge in [-0.3, -0.25) is 4.79 Å². The molecule has 0 saturated heterocycles. The Morgan fingerprint density at radius 3 is 2.40 bits per heavy atom. The molecule has 3 N–H and O–H groups in total. The lowest BCUT2D eigenvalue weighted by Crippen LogP contribution is -2.55. The summed E-state index contributed by atoms with van der Waals surface area (Å²) in [6.07, 6.45) is 1.43. The van der Waals surface area contributed by atoms with Crippen molar-refractivity contribution in [2.75, 3.05) is 7.11 Å². The normalized spacial score (nSPS) is 13.1. The summed E-state index contributed by atoms with van der Waals surface area (Å²) in [4.78, 5) is 22.8. The van der Waals surface area contributed by atoms with Crippen LogP contribution in [0.5, 0.6) is 0 Å². The van der Waals surface area contributed by atoms with Crippen LogP contribution in [0.25, 0.3) is 0 Å². The number of esters is 1. The molecule has 88 valence electrons. The maximum absolute atomic E-state index is 11.5. The minimum absolute atomic E-state index is 0.327. The lowest BCUT2D eigenvalue weighted by atomic mass is 10.0. The van der Waals surface area contributed by atoms with Gasteiger partial charge in [0.1, 0.15) is 5.54 Å². The summed E-state index contributed by atoms with van der Waals surface area (Å²) in [5.74, 6) is -0.813. The molecule has 0 aliphatic carbocycles. The Bertz CT molecular complexity index is 239. The van der Waals surface area contributed by atoms with Crippen LogP contribution in [0.3, 0.4) is 0 Å². The van der Waals surface area contributed by atoms with E-state index in [0.717, 1.165) is 6.42 Å². The zero-order valence-electron chi connectivity index (χ0n) is 9.79. The van der Waals surface area contributed by atoms with Gasteiger partial charge in [0.05, 0.1) is 13.2 Å². The molecular weight excluding hydrogens is 196 g/mol. The SMILES string of the molecule is CCC[C@H](N)C(=O)NC(C)(C)C(=O)OC. The summed E-state index contributed by atoms with van der Waals surface area (Å²) in [5, 5.41) is 2.55. The van der Waals surface area contributed by atoms with Gasteiger partial charge >= 0.3 is 5.97 Å². The fourth-order valence-corrected chi connectivity index (χ4v) is 1.15. The molecule has 0 unspecified atom stereocenters. The molecule has 0 aromatic carbocycles. The zero-order valence-corrected chi connectivity index (χ0v) is 9.79. The molecule has 0 aromatic heterocycles. The van der Waals surface area contributed by atoms with Crippen LogP contribution in [0.15, 0.2) is 0 Å². The number of hydrogen-bond donors (Lipinski definition) is 2. The smallest absolute Gasteiger partial charge is 0.330 e. The molecule has 0 aliphatic heterocycles. The first-order valence-corrected chi connectivity index (χ1v) is 5.01. The topological polar surface area (TPSA) is 81.4 Å². The van der Waals surface area contributed by atoms with Crippen molar-refractivity contribution in [2.24, 2.45) is 5.73 Å². The summed E-state index contributed by atoms with van der Waals surface area (Å²) in [5.41, 5.74) is 4.58. The Hall–Kier alpha value is -1.10. The third-order valence-electron chi connectivity index (χ3n) is 2.07. The first kappa shape index (κ1) is 13.9. The number of nitrogens with two attached hydrogens (primary N) is 1. The quantitative estimate of drug-likeness (QED) is 0.642. The first-order chi connectivity index (χ1) is 6.85. The highest BCUT2D eigenvalue weighted by atomic mass is 16.5. The first-order valence-electron chi connectivity index (χ1n) is 5.01. The van der Waals surface area contributed by atoms with Gasteiger partial charge in [-0.05, 0) is 20.3 Å². The average Bonchev–Trinajstić information content (AvgIpc) is 2.16. The van der Waals surface area contributed by atoms with Crippen LogP contribution in [0.1, 0.15) is 33.6 Å². The molecule has 5 heteroatoms. The average molecular weight is 216 g/mol. The van der Waals surface area contributed by atoms with Crippen LogP contribution >= 0.6 is 0 Å². The van der Waals surface area contributed by atoms with E-state index in [0.29, 0.717) is 6.42 Å². The van der Waals surface area contributed by atoms with Crippen molar-refractivity contribution >= 4 is 11.9 Å². The second-order valence-corrected chi connectivity index (χ2v) is 4.00. The third kappa shape index (κ3) is 4.29. The number of carbonyl (C=O) groups excluding carboxylic acids is 2. The van der Waals surface area contributed by atoms with Gasteiger partial charge in [0, 0.05) is 0 Å². The molecule has 0 fully saturated rings. The van der Waals surface area contributed by atoms with Crippen LogP contribution in [0, 0.1) is 0 Å². The highest BCUT2D eigenvalue weighted by molar-refractivity contribution is 5.89. The maximum Gasteiger partial charge on any atom is 0.330 e. The fourth-order valence-electron chi connectivity index (χ4n) is 1.15. The standard InChI is InChI=1S/C10H20N2O3/c1-5-6-7(11)8(13)12-10(2,3)9(14)15-4/h7H,5-6,11H2,1-4H3,(H,12,13)/t7-/m0/s1. The highest BCUT2D eigenvalue weighted by Gasteiger charge is 2.31. The predicted molar refractivity (Wildman–Crippen MR) is 57.1 cm³/mol. The summed E-state index contributed by atoms with van der Waals surface area (Å²) in [6, 6.07) is -0.570. The van der Waals surface area contributed by atoms with E-state index >= 15 is 0 Å². The van der Waals surface area contributed by atoms with E-state index in [9.17, 15) is 9.59 Å². The fraction of sp³-hybridized carbons (Fsp3) is 0.800. The summed E-state index contributed by atoms with van der Waals surface area (Å²) in [6.45, 7) is 5.10. The molecule has 15 heavy (non-hydrogen) atoms. The van der Waals surface area contributed by atoms with Gasteiger partial charge in [0.2, 0.25) is 5.91 Å². The van der Waals surface area contributed by atoms with E-state index in [4.69, 9.17) is 5.73 Å². The van der Waals surface area contributed by atoms with Gasteiger partial charge in [-0.2, -0.15) is 0 Å². The molecule has 1 amide bonds. The third-order valence-corrected chi connectivity index (χ3v) is 2.07. The van der Waals surface area contributed by atoms with Gasteiger partial charge in [-0.1, -0.05) is 13.3 Å². The van der Waals surface area contributed by atoms with E-state index in [-0.39, 0.29) is 5.91 Å². The molecule has 0 rings (SSSR count). The van der Waals surface area contributed by atoms with E-state index in [1.807, 2.05) is 6.92 Å². The number of hydrogen-bond acceptors (Lipinski definition) is 4. The Balaban J connectivity index is 4.33. The molecule has 1 atom stereocenters. The van der Waals surface area contributed by atoms with Crippen LogP contribution in [0.2, 0.25) is 0 Å². The van der Waals surface area contributed by atoms with Crippen molar-refractivity contribution in [1.82, 2.24) is 5.32 Å². The van der Waals surface area contributed by atoms with Gasteiger partial charge < -0.3 is 15.8 Å². The van der Waals surface area contributed by atoms with Crippen molar-refractivity contribution in [3.8, 4) is 0 Å². The van der Waals surface area contributed by atoms with Crippen LogP contribution in [-0.2, 0) is 14.3 Å². The van der Waals surface area contributed by atoms with Crippen molar-refractivity contribution in [2.45, 2.75) is 45.2 Å². The van der Waals surface area contributed by atoms with Gasteiger partial charge in [-0.25, -0.2) is 4.79 Å². The van der Waals surface area contributed by atoms with E-state index in [1.165, 1.54) is 7.11 Å². The summed E-state index contributed by atoms with van der Waals surface area (Å²) in [7, 11) is 1.28.